The highest BCUT2D eigenvalue weighted by Gasteiger charge is 2.41. The molecule has 77 heavy (non-hydrogen) atoms. The summed E-state index contributed by atoms with van der Waals surface area (Å²) >= 11 is 8.28. The monoisotopic (exact) mass is 1140 g/mol. The second kappa shape index (κ2) is 33.2. The van der Waals surface area contributed by atoms with Crippen LogP contribution in [0.5, 0.6) is 5.75 Å². The van der Waals surface area contributed by atoms with Gasteiger partial charge in [-0.05, 0) is 61.6 Å². The third-order valence-corrected chi connectivity index (χ3v) is 12.1. The van der Waals surface area contributed by atoms with Crippen LogP contribution in [0.3, 0.4) is 0 Å². The van der Waals surface area contributed by atoms with Crippen molar-refractivity contribution in [2.45, 2.75) is 134 Å². The zero-order valence-corrected chi connectivity index (χ0v) is 44.4. The van der Waals surface area contributed by atoms with Crippen molar-refractivity contribution in [2.75, 3.05) is 24.6 Å². The van der Waals surface area contributed by atoms with E-state index in [0.717, 1.165) is 0 Å². The number of primary amides is 3. The van der Waals surface area contributed by atoms with Gasteiger partial charge in [0.25, 0.3) is 0 Å². The molecule has 1 saturated heterocycles. The van der Waals surface area contributed by atoms with Crippen LogP contribution in [-0.2, 0) is 59.2 Å². The Labute approximate surface area is 452 Å². The van der Waals surface area contributed by atoms with Crippen LogP contribution in [0.1, 0.15) is 78.2 Å². The number of nitrogens with two attached hydrogens (primary N) is 4. The number of hydrogen-bond donors (Lipinski definition) is 16. The Hall–Kier alpha value is -7.09. The number of phenols is 1. The number of carbonyl (C=O) groups is 12. The number of nitrogens with one attached hydrogen (secondary N) is 8. The van der Waals surface area contributed by atoms with Gasteiger partial charge >= 0.3 is 18.2 Å². The number of aliphatic carboxylic acids is 1. The lowest BCUT2D eigenvalue weighted by molar-refractivity contribution is -0.192. The van der Waals surface area contributed by atoms with Crippen LogP contribution in [0.15, 0.2) is 24.3 Å². The van der Waals surface area contributed by atoms with Crippen LogP contribution < -0.4 is 65.5 Å². The first kappa shape index (κ1) is 67.9. The molecule has 0 aliphatic carbocycles. The lowest BCUT2D eigenvalue weighted by atomic mass is 10.0. The Balaban J connectivity index is 0.00000394. The fourth-order valence-electron chi connectivity index (χ4n) is 7.06. The Morgan fingerprint density at radius 2 is 1.27 bits per heavy atom. The lowest BCUT2D eigenvalue weighted by Crippen LogP contribution is -2.62. The molecule has 1 fully saturated rings. The Morgan fingerprint density at radius 3 is 1.78 bits per heavy atom. The molecule has 0 radical (unpaired) electrons. The third-order valence-electron chi connectivity index (χ3n) is 11.3. The maximum Gasteiger partial charge on any atom is 0.490 e. The zero-order chi connectivity index (χ0) is 58.9. The molecule has 32 heteroatoms. The van der Waals surface area contributed by atoms with Gasteiger partial charge in [-0.1, -0.05) is 39.8 Å². The summed E-state index contributed by atoms with van der Waals surface area (Å²) in [6.07, 6.45) is -6.74. The van der Waals surface area contributed by atoms with Crippen LogP contribution in [0, 0.1) is 11.8 Å². The number of carboxylic acid groups (broad SMARTS) is 1. The van der Waals surface area contributed by atoms with Crippen LogP contribution in [0.2, 0.25) is 0 Å². The number of urea groups is 1. The number of nitrogens with zero attached hydrogens (tertiary/aromatic N) is 1. The Bertz CT molecular complexity index is 2250. The van der Waals surface area contributed by atoms with E-state index in [9.17, 15) is 71.0 Å². The summed E-state index contributed by atoms with van der Waals surface area (Å²) in [6, 6.07) is -4.34. The third kappa shape index (κ3) is 25.1. The van der Waals surface area contributed by atoms with E-state index in [4.69, 9.17) is 32.8 Å². The van der Waals surface area contributed by atoms with Gasteiger partial charge in [0, 0.05) is 30.9 Å². The number of hydrogen-bond acceptors (Lipinski definition) is 16. The van der Waals surface area contributed by atoms with Crippen molar-refractivity contribution in [3.8, 4) is 5.75 Å². The van der Waals surface area contributed by atoms with Gasteiger partial charge in [-0.3, -0.25) is 47.9 Å². The van der Waals surface area contributed by atoms with E-state index in [1.54, 1.807) is 26.0 Å². The summed E-state index contributed by atoms with van der Waals surface area (Å²) in [5.74, 6) is -12.0. The van der Waals surface area contributed by atoms with Crippen molar-refractivity contribution in [2.24, 2.45) is 34.8 Å². The van der Waals surface area contributed by atoms with E-state index in [1.165, 1.54) is 17.0 Å². The van der Waals surface area contributed by atoms with Crippen molar-refractivity contribution in [1.29, 1.82) is 0 Å². The van der Waals surface area contributed by atoms with Crippen molar-refractivity contribution in [3.05, 3.63) is 29.8 Å². The SMILES string of the molecule is CCC(C)[C@@H](NC(=O)N[C@@H](CCC(N)=O)C(=O)N[C@@H](CC(N)=O)C(=O)N[C@@H](CS)C(=O)N1CCC[C@H]1C(=O)N[C@@H](CC(C)C)C(=O)NCC(N)=O)NC(=O)[C@H](Cc1ccc(O)cc1)NC(=O)[C@@H](N)CS.O=C(O)C(F)(F)F. The minimum Gasteiger partial charge on any atom is -0.508 e. The first-order chi connectivity index (χ1) is 35.8. The molecule has 27 nitrogen and oxygen atoms in total. The quantitative estimate of drug-likeness (QED) is 0.0275. The van der Waals surface area contributed by atoms with E-state index in [-0.39, 0.29) is 49.0 Å². The number of carboxylic acids is 1. The van der Waals surface area contributed by atoms with E-state index < -0.39 is 157 Å². The predicted octanol–water partition coefficient (Wildman–Crippen LogP) is -3.37. The molecule has 0 spiro atoms. The largest absolute Gasteiger partial charge is 0.508 e. The van der Waals surface area contributed by atoms with Crippen LogP contribution in [0.25, 0.3) is 0 Å². The first-order valence-corrected chi connectivity index (χ1v) is 25.2. The fourth-order valence-corrected chi connectivity index (χ4v) is 7.47. The minimum absolute atomic E-state index is 0.0277. The number of thiol groups is 2. The number of amides is 12. The van der Waals surface area contributed by atoms with E-state index in [1.807, 2.05) is 13.8 Å². The molecule has 1 aromatic carbocycles. The van der Waals surface area contributed by atoms with Crippen molar-refractivity contribution in [3.63, 3.8) is 0 Å². The van der Waals surface area contributed by atoms with Crippen LogP contribution in [-0.4, -0.2) is 165 Å². The van der Waals surface area contributed by atoms with Crippen LogP contribution >= 0.6 is 25.3 Å². The van der Waals surface area contributed by atoms with E-state index >= 15 is 0 Å². The maximum atomic E-state index is 13.9. The number of halogens is 3. The second-order valence-electron chi connectivity index (χ2n) is 18.1. The average Bonchev–Trinajstić information content (AvgIpc) is 3.85. The van der Waals surface area contributed by atoms with Gasteiger partial charge in [0.05, 0.1) is 19.0 Å². The van der Waals surface area contributed by atoms with Crippen molar-refractivity contribution >= 4 is 96.3 Å². The molecule has 1 heterocycles. The average molecular weight is 1140 g/mol. The molecule has 0 bridgehead atoms. The van der Waals surface area contributed by atoms with Crippen molar-refractivity contribution < 1.29 is 80.9 Å². The van der Waals surface area contributed by atoms with Gasteiger partial charge in [-0.15, -0.1) is 0 Å². The summed E-state index contributed by atoms with van der Waals surface area (Å²) in [5, 5.41) is 36.9. The van der Waals surface area contributed by atoms with Gasteiger partial charge in [0.15, 0.2) is 0 Å². The fraction of sp³-hybridized carbons (Fsp3) is 0.600. The smallest absolute Gasteiger partial charge is 0.490 e. The summed E-state index contributed by atoms with van der Waals surface area (Å²) < 4.78 is 31.7. The molecule has 1 unspecified atom stereocenters. The molecule has 432 valence electrons. The number of rotatable bonds is 29. The molecule has 1 aromatic rings. The molecular formula is C45H70F3N13O14S2. The second-order valence-corrected chi connectivity index (χ2v) is 18.8. The van der Waals surface area contributed by atoms with E-state index in [0.29, 0.717) is 18.4 Å². The molecule has 18 N–H and O–H groups in total. The zero-order valence-electron chi connectivity index (χ0n) is 42.6. The summed E-state index contributed by atoms with van der Waals surface area (Å²) in [7, 11) is 0. The van der Waals surface area contributed by atoms with Gasteiger partial charge < -0.3 is 80.6 Å². The topological polar surface area (TPSA) is 449 Å². The summed E-state index contributed by atoms with van der Waals surface area (Å²) in [6.45, 7) is 6.72. The Morgan fingerprint density at radius 1 is 0.714 bits per heavy atom. The van der Waals surface area contributed by atoms with Gasteiger partial charge in [-0.25, -0.2) is 9.59 Å². The lowest BCUT2D eigenvalue weighted by Gasteiger charge is -2.30. The molecular weight excluding hydrogens is 1070 g/mol. The highest BCUT2D eigenvalue weighted by atomic mass is 32.1. The summed E-state index contributed by atoms with van der Waals surface area (Å²) in [4.78, 5) is 153. The molecule has 9 atom stereocenters. The minimum atomic E-state index is -5.08. The van der Waals surface area contributed by atoms with E-state index in [2.05, 4.69) is 67.8 Å². The Kier molecular flexibility index (Phi) is 29.2. The molecule has 1 aliphatic heterocycles. The number of aromatic hydroxyl groups is 1. The normalized spacial score (nSPS) is 16.1. The van der Waals surface area contributed by atoms with Gasteiger partial charge in [0.1, 0.15) is 48.2 Å². The molecule has 0 aromatic heterocycles. The number of carbonyl (C=O) groups excluding carboxylic acids is 11. The maximum absolute atomic E-state index is 13.9. The molecule has 1 aliphatic rings. The predicted molar refractivity (Wildman–Crippen MR) is 274 cm³/mol. The van der Waals surface area contributed by atoms with Gasteiger partial charge in [0.2, 0.25) is 59.1 Å². The number of likely N-dealkylation sites (tertiary alicyclic amines) is 1. The molecule has 12 amide bonds. The summed E-state index contributed by atoms with van der Waals surface area (Å²) in [5.41, 5.74) is 22.4. The number of benzene rings is 1. The highest BCUT2D eigenvalue weighted by Crippen LogP contribution is 2.20. The highest BCUT2D eigenvalue weighted by molar-refractivity contribution is 7.80. The van der Waals surface area contributed by atoms with Gasteiger partial charge in [-0.2, -0.15) is 38.4 Å². The van der Waals surface area contributed by atoms with Crippen LogP contribution in [0.4, 0.5) is 18.0 Å². The standard InChI is InChI=1S/C43H69N13O12S2.C2HF3O2/c1-5-22(4)35(54-40(65)28(49-36(61)25(44)19-69)16-23-8-10-24(57)11-9-23)55-43(68)53-26(12-13-32(45)58)38(63)50-29(17-33(46)59)39(64)52-30(20-70)42(67)56-14-6-7-31(56)41(66)51-27(15-21(2)3)37(62)48-18-34(47)60;3-2(4,5)1(6)7/h8-11,21-22,25-31,35,57,69-70H,5-7,12-20,44H2,1-4H3,(H2,45,58)(H2,46,59)(H2,47,60)(H,48,62)(H,49,61)(H,50,63)(H,51,66)(H,52,64)(H,54,65)(H2,53,55,68);(H,6,7)/t22?,25-,26-,27-,28-,29-,30-,31-,35+;/m0./s1. The number of phenolic OH excluding ortho intramolecular Hbond substituents is 1. The van der Waals surface area contributed by atoms with Crippen molar-refractivity contribution in [1.82, 2.24) is 47.4 Å². The molecule has 0 saturated carbocycles. The molecule has 2 rings (SSSR count). The number of alkyl halides is 3. The first-order valence-electron chi connectivity index (χ1n) is 23.9.